The van der Waals surface area contributed by atoms with Gasteiger partial charge in [-0.05, 0) is 36.6 Å². The molecule has 1 N–H and O–H groups in total. The van der Waals surface area contributed by atoms with Gasteiger partial charge in [0.05, 0.1) is 0 Å². The van der Waals surface area contributed by atoms with Gasteiger partial charge in [-0.25, -0.2) is 0 Å². The highest BCUT2D eigenvalue weighted by Crippen LogP contribution is 2.23. The molecule has 1 fully saturated rings. The van der Waals surface area contributed by atoms with Crippen LogP contribution in [0.15, 0.2) is 65.1 Å². The number of amides is 1. The van der Waals surface area contributed by atoms with Crippen LogP contribution in [0, 0.1) is 5.92 Å². The smallest absolute Gasteiger partial charge is 0.247 e. The fourth-order valence-electron chi connectivity index (χ4n) is 3.49. The zero-order valence-electron chi connectivity index (χ0n) is 15.8. The van der Waals surface area contributed by atoms with Gasteiger partial charge in [-0.1, -0.05) is 36.4 Å². The molecule has 1 aliphatic rings. The molecule has 144 valence electrons. The summed E-state index contributed by atoms with van der Waals surface area (Å²) < 4.78 is 5.65. The lowest BCUT2D eigenvalue weighted by atomic mass is 10.1. The summed E-state index contributed by atoms with van der Waals surface area (Å²) in [6.45, 7) is 2.73. The van der Waals surface area contributed by atoms with Crippen molar-refractivity contribution in [2.75, 3.05) is 24.5 Å². The molecule has 0 spiro atoms. The van der Waals surface area contributed by atoms with E-state index in [1.165, 1.54) is 5.69 Å². The zero-order valence-corrected chi connectivity index (χ0v) is 15.8. The molecule has 6 nitrogen and oxygen atoms in total. The first-order chi connectivity index (χ1) is 13.8. The van der Waals surface area contributed by atoms with Crippen molar-refractivity contribution in [3.8, 4) is 11.5 Å². The van der Waals surface area contributed by atoms with E-state index >= 15 is 0 Å². The molecule has 1 aromatic heterocycles. The third-order valence-corrected chi connectivity index (χ3v) is 5.05. The van der Waals surface area contributed by atoms with E-state index in [0.717, 1.165) is 25.1 Å². The SMILES string of the molecule is O=C(CCc1nnc(-c2ccccc2)o1)NC[C@H]1CCN(c2ccccc2)C1. The third-order valence-electron chi connectivity index (χ3n) is 5.05. The lowest BCUT2D eigenvalue weighted by Crippen LogP contribution is -2.31. The van der Waals surface area contributed by atoms with Gasteiger partial charge in [0.2, 0.25) is 17.7 Å². The van der Waals surface area contributed by atoms with E-state index in [1.807, 2.05) is 36.4 Å². The Morgan fingerprint density at radius 1 is 1.07 bits per heavy atom. The lowest BCUT2D eigenvalue weighted by Gasteiger charge is -2.18. The van der Waals surface area contributed by atoms with E-state index in [1.54, 1.807) is 0 Å². The van der Waals surface area contributed by atoms with E-state index in [-0.39, 0.29) is 5.91 Å². The molecule has 0 unspecified atom stereocenters. The molecule has 0 aliphatic carbocycles. The van der Waals surface area contributed by atoms with Crippen LogP contribution in [0.2, 0.25) is 0 Å². The van der Waals surface area contributed by atoms with E-state index in [0.29, 0.717) is 37.1 Å². The van der Waals surface area contributed by atoms with Gasteiger partial charge in [0.25, 0.3) is 0 Å². The summed E-state index contributed by atoms with van der Waals surface area (Å²) in [6.07, 6.45) is 1.90. The number of aromatic nitrogens is 2. The predicted octanol–water partition coefficient (Wildman–Crippen LogP) is 3.31. The second-order valence-electron chi connectivity index (χ2n) is 7.11. The largest absolute Gasteiger partial charge is 0.421 e. The van der Waals surface area contributed by atoms with Gasteiger partial charge in [0.1, 0.15) is 0 Å². The van der Waals surface area contributed by atoms with Gasteiger partial charge in [0.15, 0.2) is 0 Å². The van der Waals surface area contributed by atoms with Crippen LogP contribution in [0.1, 0.15) is 18.7 Å². The molecule has 6 heteroatoms. The minimum Gasteiger partial charge on any atom is -0.421 e. The molecule has 0 radical (unpaired) electrons. The number of anilines is 1. The number of hydrogen-bond donors (Lipinski definition) is 1. The summed E-state index contributed by atoms with van der Waals surface area (Å²) in [5.41, 5.74) is 2.14. The van der Waals surface area contributed by atoms with Crippen molar-refractivity contribution < 1.29 is 9.21 Å². The van der Waals surface area contributed by atoms with E-state index in [9.17, 15) is 4.79 Å². The molecular formula is C22H24N4O2. The molecule has 2 aromatic carbocycles. The summed E-state index contributed by atoms with van der Waals surface area (Å²) in [7, 11) is 0. The van der Waals surface area contributed by atoms with Crippen LogP contribution in [0.4, 0.5) is 5.69 Å². The van der Waals surface area contributed by atoms with Crippen LogP contribution >= 0.6 is 0 Å². The molecule has 1 amide bonds. The quantitative estimate of drug-likeness (QED) is 0.685. The van der Waals surface area contributed by atoms with Crippen molar-refractivity contribution in [1.29, 1.82) is 0 Å². The number of carbonyl (C=O) groups is 1. The number of para-hydroxylation sites is 1. The van der Waals surface area contributed by atoms with Gasteiger partial charge in [-0.15, -0.1) is 10.2 Å². The Kier molecular flexibility index (Phi) is 5.66. The fourth-order valence-corrected chi connectivity index (χ4v) is 3.49. The van der Waals surface area contributed by atoms with Crippen molar-refractivity contribution in [2.45, 2.75) is 19.3 Å². The number of nitrogens with one attached hydrogen (secondary N) is 1. The van der Waals surface area contributed by atoms with Crippen molar-refractivity contribution in [3.63, 3.8) is 0 Å². The summed E-state index contributed by atoms with van der Waals surface area (Å²) in [5, 5.41) is 11.1. The average Bonchev–Trinajstić information content (AvgIpc) is 3.42. The number of nitrogens with zero attached hydrogens (tertiary/aromatic N) is 3. The average molecular weight is 376 g/mol. The van der Waals surface area contributed by atoms with Gasteiger partial charge in [-0.2, -0.15) is 0 Å². The highest BCUT2D eigenvalue weighted by molar-refractivity contribution is 5.76. The molecule has 1 atom stereocenters. The summed E-state index contributed by atoms with van der Waals surface area (Å²) in [5.74, 6) is 1.49. The minimum atomic E-state index is 0.0256. The number of rotatable bonds is 7. The maximum absolute atomic E-state index is 12.2. The second-order valence-corrected chi connectivity index (χ2v) is 7.11. The van der Waals surface area contributed by atoms with Gasteiger partial charge in [-0.3, -0.25) is 4.79 Å². The number of carbonyl (C=O) groups excluding carboxylic acids is 1. The Labute approximate surface area is 164 Å². The molecule has 28 heavy (non-hydrogen) atoms. The Morgan fingerprint density at radius 2 is 1.82 bits per heavy atom. The molecule has 1 saturated heterocycles. The zero-order chi connectivity index (χ0) is 19.2. The Bertz CT molecular complexity index is 895. The first-order valence-electron chi connectivity index (χ1n) is 9.72. The molecule has 2 heterocycles. The summed E-state index contributed by atoms with van der Waals surface area (Å²) in [6, 6.07) is 20.1. The summed E-state index contributed by atoms with van der Waals surface area (Å²) >= 11 is 0. The summed E-state index contributed by atoms with van der Waals surface area (Å²) in [4.78, 5) is 14.6. The van der Waals surface area contributed by atoms with Crippen molar-refractivity contribution >= 4 is 11.6 Å². The maximum atomic E-state index is 12.2. The predicted molar refractivity (Wildman–Crippen MR) is 108 cm³/mol. The van der Waals surface area contributed by atoms with Crippen LogP contribution < -0.4 is 10.2 Å². The van der Waals surface area contributed by atoms with Gasteiger partial charge in [0, 0.05) is 43.7 Å². The Balaban J connectivity index is 1.20. The molecule has 3 aromatic rings. The Hall–Kier alpha value is -3.15. The van der Waals surface area contributed by atoms with E-state index < -0.39 is 0 Å². The van der Waals surface area contributed by atoms with Crippen LogP contribution in [0.25, 0.3) is 11.5 Å². The number of benzene rings is 2. The standard InChI is InChI=1S/C22H24N4O2/c27-20(11-12-21-24-25-22(28-21)18-7-3-1-4-8-18)23-15-17-13-14-26(16-17)19-9-5-2-6-10-19/h1-10,17H,11-16H2,(H,23,27)/t17-/m1/s1. The Morgan fingerprint density at radius 3 is 2.61 bits per heavy atom. The fraction of sp³-hybridized carbons (Fsp3) is 0.318. The molecule has 0 saturated carbocycles. The number of hydrogen-bond acceptors (Lipinski definition) is 5. The van der Waals surface area contributed by atoms with Gasteiger partial charge < -0.3 is 14.6 Å². The normalized spacial score (nSPS) is 16.3. The van der Waals surface area contributed by atoms with E-state index in [2.05, 4.69) is 44.7 Å². The molecule has 4 rings (SSSR count). The molecule has 1 aliphatic heterocycles. The van der Waals surface area contributed by atoms with Crippen LogP contribution in [0.3, 0.4) is 0 Å². The molecule has 0 bridgehead atoms. The molecular weight excluding hydrogens is 352 g/mol. The van der Waals surface area contributed by atoms with Crippen LogP contribution in [0.5, 0.6) is 0 Å². The highest BCUT2D eigenvalue weighted by Gasteiger charge is 2.23. The highest BCUT2D eigenvalue weighted by atomic mass is 16.4. The van der Waals surface area contributed by atoms with Crippen molar-refractivity contribution in [2.24, 2.45) is 5.92 Å². The monoisotopic (exact) mass is 376 g/mol. The first-order valence-corrected chi connectivity index (χ1v) is 9.72. The van der Waals surface area contributed by atoms with Crippen molar-refractivity contribution in [1.82, 2.24) is 15.5 Å². The number of aryl methyl sites for hydroxylation is 1. The maximum Gasteiger partial charge on any atom is 0.247 e. The second kappa shape index (κ2) is 8.69. The first kappa shape index (κ1) is 18.2. The van der Waals surface area contributed by atoms with Crippen LogP contribution in [-0.2, 0) is 11.2 Å². The lowest BCUT2D eigenvalue weighted by molar-refractivity contribution is -0.121. The third kappa shape index (κ3) is 4.57. The van der Waals surface area contributed by atoms with Crippen LogP contribution in [-0.4, -0.2) is 35.7 Å². The van der Waals surface area contributed by atoms with E-state index in [4.69, 9.17) is 4.42 Å². The minimum absolute atomic E-state index is 0.0256. The van der Waals surface area contributed by atoms with Gasteiger partial charge >= 0.3 is 0 Å². The van der Waals surface area contributed by atoms with Crippen molar-refractivity contribution in [3.05, 3.63) is 66.6 Å². The topological polar surface area (TPSA) is 71.3 Å².